The number of carboxylic acids is 1. The highest BCUT2D eigenvalue weighted by Crippen LogP contribution is 2.75. The third-order valence-corrected chi connectivity index (χ3v) is 13.4. The standard InChI is InChI=1S/C30H48O6/c1-25(2)11-13-30(24(35)36)14-12-28(5)17(21(30)23(25)34)7-8-20-26(3)15-18(32)22(33)27(4,16-31)19(26)9-10-29(20,28)6/h7,18-23,31-34H,8-16H2,1-6H3,(H,35,36)/t18-,19+,20-,21-,22-,23-,26-,27-,28+,29+,30+/m1/s1. The topological polar surface area (TPSA) is 118 Å². The Labute approximate surface area is 216 Å². The number of rotatable bonds is 2. The Hall–Kier alpha value is -0.950. The molecule has 0 bridgehead atoms. The van der Waals surface area contributed by atoms with Crippen LogP contribution in [0, 0.1) is 50.2 Å². The molecule has 5 rings (SSSR count). The molecule has 11 atom stereocenters. The highest BCUT2D eigenvalue weighted by Gasteiger charge is 2.71. The summed E-state index contributed by atoms with van der Waals surface area (Å²) >= 11 is 0. The van der Waals surface area contributed by atoms with Gasteiger partial charge in [0.05, 0.1) is 30.3 Å². The second kappa shape index (κ2) is 7.80. The van der Waals surface area contributed by atoms with Gasteiger partial charge in [-0.2, -0.15) is 0 Å². The van der Waals surface area contributed by atoms with E-state index in [1.54, 1.807) is 0 Å². The zero-order valence-corrected chi connectivity index (χ0v) is 23.0. The van der Waals surface area contributed by atoms with Crippen LogP contribution < -0.4 is 0 Å². The molecule has 5 aliphatic rings. The summed E-state index contributed by atoms with van der Waals surface area (Å²) in [6.07, 6.45) is 5.48. The van der Waals surface area contributed by atoms with Crippen molar-refractivity contribution in [3.8, 4) is 0 Å². The molecule has 6 heteroatoms. The zero-order valence-electron chi connectivity index (χ0n) is 23.0. The second-order valence-electron chi connectivity index (χ2n) is 15.0. The number of fused-ring (bicyclic) bond motifs is 7. The molecule has 36 heavy (non-hydrogen) atoms. The lowest BCUT2D eigenvalue weighted by molar-refractivity contribution is -0.245. The normalized spacial score (nSPS) is 55.9. The first-order valence-corrected chi connectivity index (χ1v) is 14.1. The molecule has 0 spiro atoms. The van der Waals surface area contributed by atoms with Crippen LogP contribution >= 0.6 is 0 Å². The molecule has 0 unspecified atom stereocenters. The fraction of sp³-hybridized carbons (Fsp3) is 0.900. The average molecular weight is 505 g/mol. The number of hydrogen-bond acceptors (Lipinski definition) is 5. The monoisotopic (exact) mass is 504 g/mol. The summed E-state index contributed by atoms with van der Waals surface area (Å²) in [5, 5.41) is 54.5. The van der Waals surface area contributed by atoms with Crippen LogP contribution in [0.5, 0.6) is 0 Å². The number of carbonyl (C=O) groups is 1. The van der Waals surface area contributed by atoms with Crippen molar-refractivity contribution < 1.29 is 30.3 Å². The van der Waals surface area contributed by atoms with Crippen molar-refractivity contribution in [1.82, 2.24) is 0 Å². The molecule has 0 aromatic heterocycles. The lowest BCUT2D eigenvalue weighted by Gasteiger charge is -2.71. The van der Waals surface area contributed by atoms with Gasteiger partial charge in [0.2, 0.25) is 0 Å². The van der Waals surface area contributed by atoms with Crippen LogP contribution in [-0.4, -0.2) is 56.4 Å². The Morgan fingerprint density at radius 3 is 2.17 bits per heavy atom. The molecule has 0 radical (unpaired) electrons. The van der Waals surface area contributed by atoms with Gasteiger partial charge in [-0.1, -0.05) is 53.2 Å². The molecule has 0 aromatic carbocycles. The van der Waals surface area contributed by atoms with E-state index in [1.165, 1.54) is 0 Å². The van der Waals surface area contributed by atoms with Crippen molar-refractivity contribution in [2.45, 2.75) is 111 Å². The highest BCUT2D eigenvalue weighted by molar-refractivity contribution is 5.77. The van der Waals surface area contributed by atoms with Gasteiger partial charge in [-0.3, -0.25) is 4.79 Å². The second-order valence-corrected chi connectivity index (χ2v) is 15.0. The molecule has 4 fully saturated rings. The van der Waals surface area contributed by atoms with E-state index in [0.29, 0.717) is 25.7 Å². The Bertz CT molecular complexity index is 974. The molecular weight excluding hydrogens is 456 g/mol. The van der Waals surface area contributed by atoms with E-state index in [4.69, 9.17) is 0 Å². The van der Waals surface area contributed by atoms with E-state index < -0.39 is 35.1 Å². The number of hydrogen-bond donors (Lipinski definition) is 5. The van der Waals surface area contributed by atoms with Crippen LogP contribution in [-0.2, 0) is 4.79 Å². The zero-order chi connectivity index (χ0) is 26.7. The lowest BCUT2D eigenvalue weighted by Crippen LogP contribution is -2.69. The minimum absolute atomic E-state index is 0.0888. The molecular formula is C30H48O6. The molecule has 0 heterocycles. The van der Waals surface area contributed by atoms with Crippen molar-refractivity contribution in [2.24, 2.45) is 50.2 Å². The maximum absolute atomic E-state index is 12.8. The van der Waals surface area contributed by atoms with Crippen molar-refractivity contribution in [1.29, 1.82) is 0 Å². The fourth-order valence-electron chi connectivity index (χ4n) is 10.8. The van der Waals surface area contributed by atoms with Crippen LogP contribution in [0.15, 0.2) is 11.6 Å². The first-order chi connectivity index (χ1) is 16.5. The Morgan fingerprint density at radius 1 is 0.917 bits per heavy atom. The van der Waals surface area contributed by atoms with Crippen molar-refractivity contribution >= 4 is 5.97 Å². The molecule has 204 valence electrons. The van der Waals surface area contributed by atoms with E-state index in [0.717, 1.165) is 31.3 Å². The minimum atomic E-state index is -0.944. The molecule has 4 saturated carbocycles. The predicted molar refractivity (Wildman–Crippen MR) is 137 cm³/mol. The van der Waals surface area contributed by atoms with Crippen LogP contribution in [0.4, 0.5) is 0 Å². The molecule has 5 N–H and O–H groups in total. The van der Waals surface area contributed by atoms with Gasteiger partial charge < -0.3 is 25.5 Å². The van der Waals surface area contributed by atoms with Gasteiger partial charge >= 0.3 is 5.97 Å². The number of aliphatic carboxylic acids is 1. The summed E-state index contributed by atoms with van der Waals surface area (Å²) in [5.74, 6) is -0.833. The maximum atomic E-state index is 12.8. The Morgan fingerprint density at radius 2 is 1.56 bits per heavy atom. The smallest absolute Gasteiger partial charge is 0.310 e. The maximum Gasteiger partial charge on any atom is 0.310 e. The molecule has 0 amide bonds. The van der Waals surface area contributed by atoms with Gasteiger partial charge in [-0.15, -0.1) is 0 Å². The molecule has 0 aliphatic heterocycles. The Kier molecular flexibility index (Phi) is 5.77. The largest absolute Gasteiger partial charge is 0.481 e. The van der Waals surface area contributed by atoms with E-state index in [9.17, 15) is 30.3 Å². The van der Waals surface area contributed by atoms with Gasteiger partial charge in [0.15, 0.2) is 0 Å². The van der Waals surface area contributed by atoms with E-state index in [2.05, 4.69) is 40.7 Å². The van der Waals surface area contributed by atoms with Crippen molar-refractivity contribution in [2.75, 3.05) is 6.61 Å². The summed E-state index contributed by atoms with van der Waals surface area (Å²) in [6.45, 7) is 12.9. The van der Waals surface area contributed by atoms with Crippen molar-refractivity contribution in [3.05, 3.63) is 11.6 Å². The van der Waals surface area contributed by atoms with Crippen molar-refractivity contribution in [3.63, 3.8) is 0 Å². The number of aliphatic hydroxyl groups excluding tert-OH is 4. The van der Waals surface area contributed by atoms with E-state index in [1.807, 2.05) is 6.92 Å². The third kappa shape index (κ3) is 2.96. The van der Waals surface area contributed by atoms with Crippen LogP contribution in [0.25, 0.3) is 0 Å². The number of carboxylic acid groups (broad SMARTS) is 1. The van der Waals surface area contributed by atoms with Gasteiger partial charge in [-0.05, 0) is 84.9 Å². The summed E-state index contributed by atoms with van der Waals surface area (Å²) in [4.78, 5) is 12.8. The molecule has 0 aromatic rings. The summed E-state index contributed by atoms with van der Waals surface area (Å²) in [7, 11) is 0. The SMILES string of the molecule is CC1(C)CC[C@]2(C(=O)O)CC[C@@]3(C)C(=CC[C@@H]4[C@]5(C)C[C@@H](O)[C@@H](O)[C@](C)(CO)[C@H]5CC[C@@]43C)[C@@H]2[C@H]1O. The third-order valence-electron chi connectivity index (χ3n) is 13.4. The van der Waals surface area contributed by atoms with Crippen LogP contribution in [0.1, 0.15) is 92.9 Å². The van der Waals surface area contributed by atoms with E-state index in [-0.39, 0.29) is 46.0 Å². The summed E-state index contributed by atoms with van der Waals surface area (Å²) < 4.78 is 0. The van der Waals surface area contributed by atoms with Crippen LogP contribution in [0.3, 0.4) is 0 Å². The molecule has 6 nitrogen and oxygen atoms in total. The first kappa shape index (κ1) is 26.6. The predicted octanol–water partition coefficient (Wildman–Crippen LogP) is 4.15. The van der Waals surface area contributed by atoms with Gasteiger partial charge in [0.1, 0.15) is 0 Å². The first-order valence-electron chi connectivity index (χ1n) is 14.1. The minimum Gasteiger partial charge on any atom is -0.481 e. The number of aliphatic hydroxyl groups is 4. The summed E-state index contributed by atoms with van der Waals surface area (Å²) in [6, 6.07) is 0. The molecule has 5 aliphatic carbocycles. The van der Waals surface area contributed by atoms with E-state index >= 15 is 0 Å². The van der Waals surface area contributed by atoms with Crippen LogP contribution in [0.2, 0.25) is 0 Å². The van der Waals surface area contributed by atoms with Gasteiger partial charge in [0, 0.05) is 11.3 Å². The average Bonchev–Trinajstić information content (AvgIpc) is 2.80. The number of allylic oxidation sites excluding steroid dienone is 1. The molecule has 0 saturated heterocycles. The quantitative estimate of drug-likeness (QED) is 0.361. The van der Waals surface area contributed by atoms with Gasteiger partial charge in [0.25, 0.3) is 0 Å². The fourth-order valence-corrected chi connectivity index (χ4v) is 10.8. The van der Waals surface area contributed by atoms with Gasteiger partial charge in [-0.25, -0.2) is 0 Å². The highest BCUT2D eigenvalue weighted by atomic mass is 16.4. The lowest BCUT2D eigenvalue weighted by atomic mass is 9.33. The summed E-state index contributed by atoms with van der Waals surface area (Å²) in [5.41, 5.74) is -1.50. The Balaban J connectivity index is 1.63.